The average molecular weight is 725 g/mol. The quantitative estimate of drug-likeness (QED) is 0.0301. The van der Waals surface area contributed by atoms with Crippen LogP contribution in [0.3, 0.4) is 0 Å². The molecule has 0 fully saturated rings. The van der Waals surface area contributed by atoms with Gasteiger partial charge in [-0.15, -0.1) is 0 Å². The van der Waals surface area contributed by atoms with Crippen LogP contribution in [0.25, 0.3) is 0 Å². The van der Waals surface area contributed by atoms with Crippen molar-refractivity contribution in [3.63, 3.8) is 0 Å². The topological polar surface area (TPSA) is 175 Å². The molecule has 0 aliphatic carbocycles. The number of unbranched alkanes of at least 4 members (excludes halogenated alkanes) is 18. The molecule has 3 N–H and O–H groups in total. The molecule has 0 spiro atoms. The summed E-state index contributed by atoms with van der Waals surface area (Å²) in [5.74, 6) is -1.71. The van der Waals surface area contributed by atoms with Gasteiger partial charge >= 0.3 is 11.9 Å². The molecule has 2 atom stereocenters. The molecular formula is C36H73N2O10P. The average Bonchev–Trinajstić information content (AvgIpc) is 3.01. The number of phosphoric ester groups is 1. The number of esters is 2. The lowest BCUT2D eigenvalue weighted by Crippen LogP contribution is -2.37. The Kier molecular flexibility index (Phi) is 34.0. The fourth-order valence-corrected chi connectivity index (χ4v) is 5.57. The minimum Gasteiger partial charge on any atom is -0.756 e. The van der Waals surface area contributed by atoms with E-state index in [1.807, 2.05) is 21.1 Å². The van der Waals surface area contributed by atoms with Gasteiger partial charge in [0.15, 0.2) is 6.10 Å². The maximum Gasteiger partial charge on any atom is 0.306 e. The zero-order valence-electron chi connectivity index (χ0n) is 31.8. The van der Waals surface area contributed by atoms with Gasteiger partial charge < -0.3 is 38.7 Å². The summed E-state index contributed by atoms with van der Waals surface area (Å²) in [5, 5.41) is 7.42. The highest BCUT2D eigenvalue weighted by molar-refractivity contribution is 7.45. The number of nitrogens with zero attached hydrogens (tertiary/aromatic N) is 1. The molecule has 13 heteroatoms. The van der Waals surface area contributed by atoms with Crippen molar-refractivity contribution in [2.75, 3.05) is 54.1 Å². The minimum absolute atomic E-state index is 0.0346. The summed E-state index contributed by atoms with van der Waals surface area (Å²) in [5.41, 5.74) is 5.51. The van der Waals surface area contributed by atoms with Gasteiger partial charge in [0.1, 0.15) is 19.8 Å². The van der Waals surface area contributed by atoms with Crippen LogP contribution >= 0.6 is 7.82 Å². The van der Waals surface area contributed by atoms with Gasteiger partial charge in [0.05, 0.1) is 27.7 Å². The summed E-state index contributed by atoms with van der Waals surface area (Å²) in [6.45, 7) is 3.69. The van der Waals surface area contributed by atoms with E-state index >= 15 is 0 Å². The molecule has 0 aromatic rings. The van der Waals surface area contributed by atoms with Gasteiger partial charge in [0.2, 0.25) is 0 Å². The highest BCUT2D eigenvalue weighted by atomic mass is 31.2. The standard InChI is InChI=1S/C34H69N2O8P.C2H4O2/c1-5-6-7-8-9-10-11-12-13-14-15-16-17-19-22-25-33(37)41-30-32(44-34(38)26-23-20-18-21-24-27-35)31-43-45(39,40)42-29-28-36(2,3)4;1-2(3)4/h32H,5-31,35H2,1-4H3;1H3,(H,3,4)/t32-;/m1./s1. The molecule has 0 amide bonds. The number of hydrogen-bond acceptors (Lipinski definition) is 10. The highest BCUT2D eigenvalue weighted by Crippen LogP contribution is 2.38. The van der Waals surface area contributed by atoms with Crippen molar-refractivity contribution in [2.24, 2.45) is 5.73 Å². The van der Waals surface area contributed by atoms with Gasteiger partial charge in [-0.25, -0.2) is 0 Å². The molecule has 49 heavy (non-hydrogen) atoms. The van der Waals surface area contributed by atoms with Crippen molar-refractivity contribution in [1.82, 2.24) is 0 Å². The van der Waals surface area contributed by atoms with Gasteiger partial charge in [-0.05, 0) is 25.8 Å². The zero-order valence-corrected chi connectivity index (χ0v) is 32.7. The van der Waals surface area contributed by atoms with E-state index in [2.05, 4.69) is 6.92 Å². The Morgan fingerprint density at radius 2 is 1.10 bits per heavy atom. The first-order valence-corrected chi connectivity index (χ1v) is 20.3. The molecule has 0 radical (unpaired) electrons. The monoisotopic (exact) mass is 725 g/mol. The molecule has 292 valence electrons. The summed E-state index contributed by atoms with van der Waals surface area (Å²) in [7, 11) is 1.15. The van der Waals surface area contributed by atoms with Crippen LogP contribution in [0.4, 0.5) is 0 Å². The van der Waals surface area contributed by atoms with Crippen molar-refractivity contribution >= 4 is 25.7 Å². The lowest BCUT2D eigenvalue weighted by atomic mass is 10.0. The largest absolute Gasteiger partial charge is 0.756 e. The number of carboxylic acid groups (broad SMARTS) is 1. The fourth-order valence-electron chi connectivity index (χ4n) is 4.84. The predicted molar refractivity (Wildman–Crippen MR) is 193 cm³/mol. The number of quaternary nitrogens is 1. The lowest BCUT2D eigenvalue weighted by Gasteiger charge is -2.28. The van der Waals surface area contributed by atoms with Crippen LogP contribution in [0.1, 0.15) is 155 Å². The number of aliphatic carboxylic acids is 1. The summed E-state index contributed by atoms with van der Waals surface area (Å²) in [4.78, 5) is 46.0. The summed E-state index contributed by atoms with van der Waals surface area (Å²) >= 11 is 0. The van der Waals surface area contributed by atoms with Gasteiger partial charge in [0, 0.05) is 19.8 Å². The molecule has 0 bridgehead atoms. The number of carbonyl (C=O) groups excluding carboxylic acids is 2. The minimum atomic E-state index is -4.61. The second-order valence-corrected chi connectivity index (χ2v) is 15.3. The Labute approximate surface area is 298 Å². The van der Waals surface area contributed by atoms with Crippen molar-refractivity contribution in [3.05, 3.63) is 0 Å². The third kappa shape index (κ3) is 42.5. The van der Waals surface area contributed by atoms with Crippen molar-refractivity contribution in [1.29, 1.82) is 0 Å². The number of nitrogens with two attached hydrogens (primary N) is 1. The highest BCUT2D eigenvalue weighted by Gasteiger charge is 2.21. The van der Waals surface area contributed by atoms with Gasteiger partial charge in [-0.3, -0.25) is 18.9 Å². The molecule has 0 heterocycles. The number of phosphoric acid groups is 1. The number of rotatable bonds is 33. The van der Waals surface area contributed by atoms with Crippen LogP contribution in [-0.4, -0.2) is 87.7 Å². The normalized spacial score (nSPS) is 13.2. The molecule has 12 nitrogen and oxygen atoms in total. The molecule has 0 aromatic heterocycles. The van der Waals surface area contributed by atoms with Crippen LogP contribution in [-0.2, 0) is 37.5 Å². The van der Waals surface area contributed by atoms with Crippen LogP contribution in [0.2, 0.25) is 0 Å². The summed E-state index contributed by atoms with van der Waals surface area (Å²) < 4.78 is 33.5. The van der Waals surface area contributed by atoms with Gasteiger partial charge in [-0.2, -0.15) is 0 Å². The van der Waals surface area contributed by atoms with E-state index in [0.29, 0.717) is 24.0 Å². The fraction of sp³-hybridized carbons (Fsp3) is 0.917. The van der Waals surface area contributed by atoms with Crippen LogP contribution in [0, 0.1) is 0 Å². The Hall–Kier alpha value is -1.56. The van der Waals surface area contributed by atoms with E-state index in [4.69, 9.17) is 34.2 Å². The van der Waals surface area contributed by atoms with Gasteiger partial charge in [0.25, 0.3) is 13.8 Å². The first kappa shape index (κ1) is 49.6. The SMILES string of the molecule is CC(=O)O.CCCCCCCCCCCCCCCCCC(=O)OC[C@H](COP(=O)([O-])OCC[N+](C)(C)C)OC(=O)CCCCCCCN. The van der Waals surface area contributed by atoms with E-state index in [1.54, 1.807) is 0 Å². The number of hydrogen-bond donors (Lipinski definition) is 2. The predicted octanol–water partition coefficient (Wildman–Crippen LogP) is 7.30. The van der Waals surface area contributed by atoms with Gasteiger partial charge in [-0.1, -0.05) is 116 Å². The molecule has 0 aromatic carbocycles. The van der Waals surface area contributed by atoms with E-state index < -0.39 is 38.4 Å². The summed E-state index contributed by atoms with van der Waals surface area (Å²) in [6.07, 6.45) is 22.6. The third-order valence-electron chi connectivity index (χ3n) is 7.73. The second-order valence-electron chi connectivity index (χ2n) is 13.9. The Morgan fingerprint density at radius 3 is 1.53 bits per heavy atom. The van der Waals surface area contributed by atoms with E-state index in [1.165, 1.54) is 77.0 Å². The molecule has 0 saturated heterocycles. The maximum absolute atomic E-state index is 12.4. The van der Waals surface area contributed by atoms with Crippen LogP contribution in [0.5, 0.6) is 0 Å². The third-order valence-corrected chi connectivity index (χ3v) is 8.69. The molecule has 1 unspecified atom stereocenters. The number of ether oxygens (including phenoxy) is 2. The van der Waals surface area contributed by atoms with E-state index in [-0.39, 0.29) is 26.1 Å². The Balaban J connectivity index is 0. The number of carboxylic acids is 1. The maximum atomic E-state index is 12.4. The van der Waals surface area contributed by atoms with Crippen molar-refractivity contribution in [3.8, 4) is 0 Å². The molecular weight excluding hydrogens is 651 g/mol. The first-order chi connectivity index (χ1) is 23.2. The lowest BCUT2D eigenvalue weighted by molar-refractivity contribution is -0.870. The van der Waals surface area contributed by atoms with Crippen molar-refractivity contribution in [2.45, 2.75) is 161 Å². The first-order valence-electron chi connectivity index (χ1n) is 18.9. The van der Waals surface area contributed by atoms with E-state index in [9.17, 15) is 19.0 Å². The van der Waals surface area contributed by atoms with E-state index in [0.717, 1.165) is 51.9 Å². The zero-order chi connectivity index (χ0) is 37.2. The summed E-state index contributed by atoms with van der Waals surface area (Å²) in [6, 6.07) is 0. The smallest absolute Gasteiger partial charge is 0.306 e. The number of carbonyl (C=O) groups is 3. The molecule has 0 rings (SSSR count). The second kappa shape index (κ2) is 33.6. The van der Waals surface area contributed by atoms with Crippen LogP contribution < -0.4 is 10.6 Å². The molecule has 0 aliphatic heterocycles. The Bertz CT molecular complexity index is 850. The Morgan fingerprint density at radius 1 is 0.694 bits per heavy atom. The van der Waals surface area contributed by atoms with Crippen LogP contribution in [0.15, 0.2) is 0 Å². The van der Waals surface area contributed by atoms with Crippen molar-refractivity contribution < 1.29 is 52.0 Å². The molecule has 0 aliphatic rings. The molecule has 0 saturated carbocycles. The number of likely N-dealkylation sites (N-methyl/N-ethyl adjacent to an activating group) is 1.